The van der Waals surface area contributed by atoms with Gasteiger partial charge in [0.15, 0.2) is 0 Å². The van der Waals surface area contributed by atoms with Gasteiger partial charge >= 0.3 is 5.97 Å². The van der Waals surface area contributed by atoms with Gasteiger partial charge in [0.25, 0.3) is 0 Å². The molecule has 2 N–H and O–H groups in total. The summed E-state index contributed by atoms with van der Waals surface area (Å²) >= 11 is 0. The molecule has 1 heterocycles. The lowest BCUT2D eigenvalue weighted by atomic mass is 10.2. The van der Waals surface area contributed by atoms with Gasteiger partial charge in [-0.1, -0.05) is 0 Å². The second-order valence-corrected chi connectivity index (χ2v) is 6.35. The monoisotopic (exact) mass is 302 g/mol. The molecule has 2 rings (SSSR count). The van der Waals surface area contributed by atoms with Gasteiger partial charge in [-0.25, -0.2) is 8.42 Å². The average Bonchev–Trinajstić information content (AvgIpc) is 2.92. The molecular weight excluding hydrogens is 286 g/mol. The Morgan fingerprint density at radius 1 is 1.45 bits per heavy atom. The lowest BCUT2D eigenvalue weighted by Crippen LogP contribution is -2.40. The number of β-amino-alcohol motifs (C(OH)–C–C–N with tert-alkyl or cyclic N) is 1. The van der Waals surface area contributed by atoms with E-state index in [-0.39, 0.29) is 17.9 Å². The van der Waals surface area contributed by atoms with Gasteiger partial charge in [-0.3, -0.25) is 4.79 Å². The lowest BCUT2D eigenvalue weighted by molar-refractivity contribution is -0.140. The molecule has 0 amide bonds. The first-order valence-corrected chi connectivity index (χ1v) is 7.35. The molecule has 7 nitrogen and oxygen atoms in total. The molecule has 8 heteroatoms. The molecule has 0 aromatic heterocycles. The van der Waals surface area contributed by atoms with Crippen LogP contribution in [-0.4, -0.2) is 56.1 Å². The van der Waals surface area contributed by atoms with Crippen LogP contribution in [0.4, 0.5) is 0 Å². The molecule has 20 heavy (non-hydrogen) atoms. The van der Waals surface area contributed by atoms with Crippen LogP contribution in [0.15, 0.2) is 29.2 Å². The Morgan fingerprint density at radius 2 is 2.10 bits per heavy atom. The number of aliphatic hydroxyl groups excluding tert-OH is 1. The predicted molar refractivity (Wildman–Crippen MR) is 68.9 cm³/mol. The van der Waals surface area contributed by atoms with E-state index in [0.717, 1.165) is 4.31 Å². The minimum Gasteiger partial charge on any atom is -0.497 e. The van der Waals surface area contributed by atoms with Crippen molar-refractivity contribution in [3.05, 3.63) is 24.3 Å². The van der Waals surface area contributed by atoms with Crippen LogP contribution >= 0.6 is 0 Å². The number of carboxylic acid groups (broad SMARTS) is 1. The van der Waals surface area contributed by atoms with Gasteiger partial charge < -0.3 is 15.0 Å². The van der Waals surface area contributed by atoms with Gasteiger partial charge in [0, 0.05) is 13.0 Å². The van der Waals surface area contributed by atoms with E-state index >= 15 is 0 Å². The van der Waals surface area contributed by atoms with Crippen LogP contribution < -0.4 is 4.74 Å². The summed E-state index contributed by atoms with van der Waals surface area (Å²) in [4.78, 5) is 11.2. The molecule has 1 aromatic carbocycles. The number of carbonyl (C=O) groups is 1. The molecule has 0 unspecified atom stereocenters. The van der Waals surface area contributed by atoms with E-state index in [0.29, 0.717) is 5.75 Å². The maximum atomic E-state index is 12.5. The number of aliphatic carboxylic acids is 1. The summed E-state index contributed by atoms with van der Waals surface area (Å²) in [6.45, 7) is -0.158. The minimum absolute atomic E-state index is 0.0276. The number of benzene rings is 1. The maximum Gasteiger partial charge on any atom is 0.322 e. The Labute approximate surface area is 117 Å². The zero-order valence-electron chi connectivity index (χ0n) is 11.7. The van der Waals surface area contributed by atoms with E-state index in [2.05, 4.69) is 5.11 Å². The van der Waals surface area contributed by atoms with Gasteiger partial charge in [0.2, 0.25) is 11.5 Å². The number of nitrogens with zero attached hydrogens (tertiary/aromatic N) is 1. The zero-order chi connectivity index (χ0) is 15.6. The Morgan fingerprint density at radius 3 is 2.60 bits per heavy atom. The molecule has 1 fully saturated rings. The van der Waals surface area contributed by atoms with Crippen molar-refractivity contribution >= 4 is 16.0 Å². The number of methoxy groups -OCH3 is 1. The smallest absolute Gasteiger partial charge is 0.322 e. The van der Waals surface area contributed by atoms with E-state index in [1.807, 2.05) is 0 Å². The topological polar surface area (TPSA) is 104 Å². The Balaban J connectivity index is 2.34. The number of aliphatic hydroxyl groups is 1. The molecule has 0 saturated carbocycles. The number of carboxylic acids is 1. The summed E-state index contributed by atoms with van der Waals surface area (Å²) in [5.74, 6) is -0.760. The normalized spacial score (nSPS) is 24.4. The largest absolute Gasteiger partial charge is 0.497 e. The van der Waals surface area contributed by atoms with Gasteiger partial charge in [0.1, 0.15) is 11.8 Å². The maximum absolute atomic E-state index is 12.5. The molecule has 110 valence electrons. The third-order valence-electron chi connectivity index (χ3n) is 3.17. The fourth-order valence-electron chi connectivity index (χ4n) is 2.14. The number of sulfonamides is 1. The van der Waals surface area contributed by atoms with Crippen molar-refractivity contribution in [3.8, 4) is 5.75 Å². The average molecular weight is 302 g/mol. The quantitative estimate of drug-likeness (QED) is 0.787. The van der Waals surface area contributed by atoms with Crippen LogP contribution in [0.25, 0.3) is 0 Å². The van der Waals surface area contributed by atoms with Gasteiger partial charge in [0.05, 0.1) is 18.1 Å². The van der Waals surface area contributed by atoms with Gasteiger partial charge in [-0.05, 0) is 24.3 Å². The number of ether oxygens (including phenoxy) is 1. The molecule has 0 spiro atoms. The van der Waals surface area contributed by atoms with Crippen LogP contribution in [-0.2, 0) is 14.8 Å². The third-order valence-corrected chi connectivity index (χ3v) is 5.06. The molecule has 0 radical (unpaired) electrons. The molecule has 1 aliphatic rings. The summed E-state index contributed by atoms with van der Waals surface area (Å²) in [7, 11) is -2.51. The van der Waals surface area contributed by atoms with E-state index in [9.17, 15) is 13.2 Å². The molecule has 1 aromatic rings. The van der Waals surface area contributed by atoms with E-state index < -0.39 is 28.1 Å². The fourth-order valence-corrected chi connectivity index (χ4v) is 3.77. The molecule has 0 bridgehead atoms. The molecule has 1 aliphatic heterocycles. The summed E-state index contributed by atoms with van der Waals surface area (Å²) in [6, 6.07) is 4.44. The van der Waals surface area contributed by atoms with Crippen molar-refractivity contribution in [2.45, 2.75) is 23.5 Å². The van der Waals surface area contributed by atoms with Crippen molar-refractivity contribution < 1.29 is 28.2 Å². The van der Waals surface area contributed by atoms with E-state index in [1.165, 1.54) is 31.4 Å². The zero-order valence-corrected chi connectivity index (χ0v) is 11.5. The summed E-state index contributed by atoms with van der Waals surface area (Å²) in [5.41, 5.74) is 0. The van der Waals surface area contributed by atoms with Crippen molar-refractivity contribution in [1.29, 1.82) is 1.43 Å². The molecule has 1 saturated heterocycles. The highest BCUT2D eigenvalue weighted by molar-refractivity contribution is 7.89. The van der Waals surface area contributed by atoms with Gasteiger partial charge in [-0.15, -0.1) is 0 Å². The van der Waals surface area contributed by atoms with E-state index in [1.54, 1.807) is 0 Å². The third kappa shape index (κ3) is 2.62. The Kier molecular flexibility index (Phi) is 3.60. The highest BCUT2D eigenvalue weighted by atomic mass is 32.2. The number of rotatable bonds is 5. The highest BCUT2D eigenvalue weighted by Gasteiger charge is 2.43. The van der Waals surface area contributed by atoms with Crippen LogP contribution in [0.5, 0.6) is 5.75 Å². The summed E-state index contributed by atoms with van der Waals surface area (Å²) in [5, 5.41) is 13.5. The SMILES string of the molecule is [2H]O[C@H]1C[C@@H](C(=O)O)N(S(=O)(=O)c2ccc(OC)cc2)C1. The standard InChI is InChI=1S/C12H15NO6S/c1-19-9-2-4-10(5-3-9)20(17,18)13-7-8(14)6-11(13)12(15)16/h2-5,8,11,14H,6-7H2,1H3,(H,15,16)/t8-,11-/m0/s1/i14D. The minimum atomic E-state index is -3.97. The van der Waals surface area contributed by atoms with Crippen molar-refractivity contribution in [2.24, 2.45) is 0 Å². The first-order valence-electron chi connectivity index (χ1n) is 6.31. The second kappa shape index (κ2) is 5.39. The van der Waals surface area contributed by atoms with Crippen LogP contribution in [0.1, 0.15) is 6.42 Å². The van der Waals surface area contributed by atoms with Crippen molar-refractivity contribution in [2.75, 3.05) is 13.7 Å². The molecule has 0 aliphatic carbocycles. The number of hydrogen-bond donors (Lipinski definition) is 2. The summed E-state index contributed by atoms with van der Waals surface area (Å²) < 4.78 is 37.7. The van der Waals surface area contributed by atoms with Crippen LogP contribution in [0.3, 0.4) is 0 Å². The lowest BCUT2D eigenvalue weighted by Gasteiger charge is -2.20. The number of hydrogen-bond acceptors (Lipinski definition) is 5. The fraction of sp³-hybridized carbons (Fsp3) is 0.417. The molecular formula is C12H15NO6S. The molecule has 2 atom stereocenters. The van der Waals surface area contributed by atoms with Crippen LogP contribution in [0.2, 0.25) is 0 Å². The first-order chi connectivity index (χ1) is 9.90. The second-order valence-electron chi connectivity index (χ2n) is 4.46. The van der Waals surface area contributed by atoms with E-state index in [4.69, 9.17) is 11.3 Å². The van der Waals surface area contributed by atoms with Crippen molar-refractivity contribution in [1.82, 2.24) is 4.31 Å². The highest BCUT2D eigenvalue weighted by Crippen LogP contribution is 2.27. The first kappa shape index (κ1) is 13.3. The van der Waals surface area contributed by atoms with Gasteiger partial charge in [-0.2, -0.15) is 4.31 Å². The Bertz CT molecular complexity index is 617. The van der Waals surface area contributed by atoms with Crippen LogP contribution in [0, 0.1) is 0 Å². The predicted octanol–water partition coefficient (Wildman–Crippen LogP) is -0.0963. The summed E-state index contributed by atoms with van der Waals surface area (Å²) in [6.07, 6.45) is -0.798. The van der Waals surface area contributed by atoms with Crippen molar-refractivity contribution in [3.63, 3.8) is 0 Å². The Hall–Kier alpha value is -1.64.